The van der Waals surface area contributed by atoms with E-state index in [1.165, 1.54) is 6.42 Å². The van der Waals surface area contributed by atoms with Gasteiger partial charge in [0.2, 0.25) is 5.91 Å². The standard InChI is InChI=1S/C14H17N5O/c1-18-13-12(15-5-6-16-13)11(17-18)10-7-19(8-10)14(20)9-3-2-4-9/h5-6,9-10H,2-4,7-8H2,1H3. The molecule has 4 rings (SSSR count). The van der Waals surface area contributed by atoms with E-state index in [2.05, 4.69) is 15.1 Å². The molecule has 3 heterocycles. The van der Waals surface area contributed by atoms with E-state index >= 15 is 0 Å². The molecule has 1 amide bonds. The molecule has 1 saturated heterocycles. The van der Waals surface area contributed by atoms with E-state index in [1.54, 1.807) is 17.1 Å². The summed E-state index contributed by atoms with van der Waals surface area (Å²) in [5.74, 6) is 0.925. The Labute approximate surface area is 116 Å². The van der Waals surface area contributed by atoms with Gasteiger partial charge in [0.25, 0.3) is 0 Å². The number of fused-ring (bicyclic) bond motifs is 1. The number of carbonyl (C=O) groups excluding carboxylic acids is 1. The first-order valence-corrected chi connectivity index (χ1v) is 7.16. The molecular weight excluding hydrogens is 254 g/mol. The Morgan fingerprint density at radius 3 is 2.70 bits per heavy atom. The van der Waals surface area contributed by atoms with Gasteiger partial charge in [0.15, 0.2) is 5.65 Å². The summed E-state index contributed by atoms with van der Waals surface area (Å²) >= 11 is 0. The van der Waals surface area contributed by atoms with E-state index in [0.717, 1.165) is 42.8 Å². The number of rotatable bonds is 2. The molecule has 0 bridgehead atoms. The number of likely N-dealkylation sites (tertiary alicyclic amines) is 1. The maximum Gasteiger partial charge on any atom is 0.225 e. The molecular formula is C14H17N5O. The van der Waals surface area contributed by atoms with Crippen LogP contribution in [0.3, 0.4) is 0 Å². The van der Waals surface area contributed by atoms with Gasteiger partial charge in [-0.3, -0.25) is 4.79 Å². The molecule has 0 radical (unpaired) electrons. The monoisotopic (exact) mass is 271 g/mol. The molecule has 0 N–H and O–H groups in total. The van der Waals surface area contributed by atoms with E-state index in [0.29, 0.717) is 11.8 Å². The van der Waals surface area contributed by atoms with Gasteiger partial charge in [0.1, 0.15) is 5.52 Å². The normalized spacial score (nSPS) is 19.9. The number of hydrogen-bond acceptors (Lipinski definition) is 4. The van der Waals surface area contributed by atoms with Gasteiger partial charge >= 0.3 is 0 Å². The van der Waals surface area contributed by atoms with Gasteiger partial charge in [-0.15, -0.1) is 0 Å². The van der Waals surface area contributed by atoms with Crippen molar-refractivity contribution in [3.05, 3.63) is 18.1 Å². The highest BCUT2D eigenvalue weighted by Crippen LogP contribution is 2.34. The molecule has 1 saturated carbocycles. The predicted molar refractivity (Wildman–Crippen MR) is 73.0 cm³/mol. The highest BCUT2D eigenvalue weighted by atomic mass is 16.2. The quantitative estimate of drug-likeness (QED) is 0.820. The van der Waals surface area contributed by atoms with E-state index in [-0.39, 0.29) is 5.92 Å². The first kappa shape index (κ1) is 11.8. The van der Waals surface area contributed by atoms with Crippen LogP contribution in [0, 0.1) is 5.92 Å². The number of amides is 1. The van der Waals surface area contributed by atoms with Gasteiger partial charge in [-0.1, -0.05) is 6.42 Å². The molecule has 0 aromatic carbocycles. The third-order valence-corrected chi connectivity index (χ3v) is 4.52. The lowest BCUT2D eigenvalue weighted by Gasteiger charge is -2.42. The van der Waals surface area contributed by atoms with Gasteiger partial charge in [0, 0.05) is 44.4 Å². The van der Waals surface area contributed by atoms with Crippen LogP contribution in [0.1, 0.15) is 30.9 Å². The molecule has 0 spiro atoms. The van der Waals surface area contributed by atoms with Crippen molar-refractivity contribution in [3.8, 4) is 0 Å². The minimum Gasteiger partial charge on any atom is -0.341 e. The maximum absolute atomic E-state index is 12.1. The fourth-order valence-corrected chi connectivity index (χ4v) is 3.02. The number of nitrogens with zero attached hydrogens (tertiary/aromatic N) is 5. The molecule has 104 valence electrons. The van der Waals surface area contributed by atoms with E-state index in [9.17, 15) is 4.79 Å². The molecule has 1 aliphatic heterocycles. The molecule has 2 aromatic rings. The highest BCUT2D eigenvalue weighted by Gasteiger charge is 2.39. The van der Waals surface area contributed by atoms with Crippen LogP contribution < -0.4 is 0 Å². The van der Waals surface area contributed by atoms with Gasteiger partial charge in [-0.25, -0.2) is 14.6 Å². The van der Waals surface area contributed by atoms with Gasteiger partial charge in [0.05, 0.1) is 5.69 Å². The Balaban J connectivity index is 1.53. The molecule has 0 atom stereocenters. The lowest BCUT2D eigenvalue weighted by Crippen LogP contribution is -2.51. The van der Waals surface area contributed by atoms with Gasteiger partial charge < -0.3 is 4.90 Å². The number of aromatic nitrogens is 4. The minimum atomic E-state index is 0.288. The van der Waals surface area contributed by atoms with Crippen molar-refractivity contribution >= 4 is 17.1 Å². The van der Waals surface area contributed by atoms with Crippen molar-refractivity contribution in [1.82, 2.24) is 24.6 Å². The summed E-state index contributed by atoms with van der Waals surface area (Å²) in [6, 6.07) is 0. The Hall–Kier alpha value is -1.98. The number of hydrogen-bond donors (Lipinski definition) is 0. The second kappa shape index (κ2) is 4.26. The highest BCUT2D eigenvalue weighted by molar-refractivity contribution is 5.81. The summed E-state index contributed by atoms with van der Waals surface area (Å²) in [5, 5.41) is 4.54. The molecule has 6 nitrogen and oxygen atoms in total. The van der Waals surface area contributed by atoms with Crippen LogP contribution in [-0.2, 0) is 11.8 Å². The summed E-state index contributed by atoms with van der Waals surface area (Å²) in [6.07, 6.45) is 6.72. The smallest absolute Gasteiger partial charge is 0.225 e. The number of aryl methyl sites for hydroxylation is 1. The lowest BCUT2D eigenvalue weighted by molar-refractivity contribution is -0.142. The van der Waals surface area contributed by atoms with Gasteiger partial charge in [-0.2, -0.15) is 5.10 Å². The van der Waals surface area contributed by atoms with Crippen LogP contribution in [0.4, 0.5) is 0 Å². The van der Waals surface area contributed by atoms with Crippen molar-refractivity contribution in [3.63, 3.8) is 0 Å². The largest absolute Gasteiger partial charge is 0.341 e. The fourth-order valence-electron chi connectivity index (χ4n) is 3.02. The van der Waals surface area contributed by atoms with E-state index in [4.69, 9.17) is 0 Å². The summed E-state index contributed by atoms with van der Waals surface area (Å²) in [4.78, 5) is 22.8. The minimum absolute atomic E-state index is 0.288. The number of carbonyl (C=O) groups is 1. The molecule has 6 heteroatoms. The average molecular weight is 271 g/mol. The maximum atomic E-state index is 12.1. The lowest BCUT2D eigenvalue weighted by atomic mass is 9.82. The summed E-state index contributed by atoms with van der Waals surface area (Å²) in [6.45, 7) is 1.55. The van der Waals surface area contributed by atoms with Crippen molar-refractivity contribution in [2.45, 2.75) is 25.2 Å². The van der Waals surface area contributed by atoms with Crippen LogP contribution in [0.5, 0.6) is 0 Å². The SMILES string of the molecule is Cn1nc(C2CN(C(=O)C3CCC3)C2)c2nccnc21. The molecule has 2 aromatic heterocycles. The first-order chi connectivity index (χ1) is 9.74. The second-order valence-corrected chi connectivity index (χ2v) is 5.81. The Morgan fingerprint density at radius 2 is 2.00 bits per heavy atom. The third kappa shape index (κ3) is 1.63. The zero-order valence-corrected chi connectivity index (χ0v) is 11.5. The Bertz CT molecular complexity index is 669. The Morgan fingerprint density at radius 1 is 1.25 bits per heavy atom. The van der Waals surface area contributed by atoms with Crippen molar-refractivity contribution in [1.29, 1.82) is 0 Å². The molecule has 2 fully saturated rings. The third-order valence-electron chi connectivity index (χ3n) is 4.52. The molecule has 20 heavy (non-hydrogen) atoms. The van der Waals surface area contributed by atoms with E-state index in [1.807, 2.05) is 11.9 Å². The zero-order chi connectivity index (χ0) is 13.7. The average Bonchev–Trinajstić information content (AvgIpc) is 2.64. The summed E-state index contributed by atoms with van der Waals surface area (Å²) < 4.78 is 1.77. The van der Waals surface area contributed by atoms with Crippen molar-refractivity contribution < 1.29 is 4.79 Å². The van der Waals surface area contributed by atoms with Crippen LogP contribution in [0.2, 0.25) is 0 Å². The van der Waals surface area contributed by atoms with Crippen LogP contribution >= 0.6 is 0 Å². The Kier molecular flexibility index (Phi) is 2.52. The molecule has 2 aliphatic rings. The summed E-state index contributed by atoms with van der Waals surface area (Å²) in [7, 11) is 1.89. The van der Waals surface area contributed by atoms with Crippen LogP contribution in [0.25, 0.3) is 11.2 Å². The summed E-state index contributed by atoms with van der Waals surface area (Å²) in [5.41, 5.74) is 2.66. The van der Waals surface area contributed by atoms with E-state index < -0.39 is 0 Å². The molecule has 1 aliphatic carbocycles. The topological polar surface area (TPSA) is 63.9 Å². The fraction of sp³-hybridized carbons (Fsp3) is 0.571. The van der Waals surface area contributed by atoms with Crippen LogP contribution in [0.15, 0.2) is 12.4 Å². The van der Waals surface area contributed by atoms with Gasteiger partial charge in [-0.05, 0) is 12.8 Å². The predicted octanol–water partition coefficient (Wildman–Crippen LogP) is 1.09. The first-order valence-electron chi connectivity index (χ1n) is 7.16. The van der Waals surface area contributed by atoms with Crippen LogP contribution in [-0.4, -0.2) is 43.6 Å². The second-order valence-electron chi connectivity index (χ2n) is 5.81. The van der Waals surface area contributed by atoms with Crippen molar-refractivity contribution in [2.75, 3.05) is 13.1 Å². The zero-order valence-electron chi connectivity index (χ0n) is 11.5. The molecule has 0 unspecified atom stereocenters. The van der Waals surface area contributed by atoms with Crippen molar-refractivity contribution in [2.24, 2.45) is 13.0 Å².